The van der Waals surface area contributed by atoms with Crippen LogP contribution < -0.4 is 15.4 Å². The van der Waals surface area contributed by atoms with Gasteiger partial charge in [-0.1, -0.05) is 24.3 Å². The lowest BCUT2D eigenvalue weighted by Gasteiger charge is -2.10. The van der Waals surface area contributed by atoms with Crippen molar-refractivity contribution in [3.8, 4) is 5.75 Å². The summed E-state index contributed by atoms with van der Waals surface area (Å²) in [4.78, 5) is 24.9. The number of hydrogen-bond donors (Lipinski definition) is 2. The summed E-state index contributed by atoms with van der Waals surface area (Å²) in [6, 6.07) is 21.4. The van der Waals surface area contributed by atoms with Crippen LogP contribution in [-0.4, -0.2) is 18.4 Å². The second-order valence-corrected chi connectivity index (χ2v) is 6.26. The molecule has 0 aliphatic carbocycles. The predicted molar refractivity (Wildman–Crippen MR) is 111 cm³/mol. The molecule has 142 valence electrons. The Labute approximate surface area is 164 Å². The van der Waals surface area contributed by atoms with Gasteiger partial charge in [-0.2, -0.15) is 0 Å². The monoisotopic (exact) mass is 374 g/mol. The number of rotatable bonds is 6. The van der Waals surface area contributed by atoms with E-state index in [1.165, 1.54) is 0 Å². The molecule has 0 saturated heterocycles. The normalized spacial score (nSPS) is 10.2. The molecule has 5 heteroatoms. The van der Waals surface area contributed by atoms with E-state index in [-0.39, 0.29) is 11.8 Å². The Kier molecular flexibility index (Phi) is 6.07. The zero-order chi connectivity index (χ0) is 19.9. The van der Waals surface area contributed by atoms with Gasteiger partial charge in [-0.25, -0.2) is 0 Å². The van der Waals surface area contributed by atoms with Crippen LogP contribution in [-0.2, 0) is 0 Å². The third-order valence-electron chi connectivity index (χ3n) is 4.20. The van der Waals surface area contributed by atoms with Crippen molar-refractivity contribution in [2.75, 3.05) is 17.2 Å². The first-order valence-corrected chi connectivity index (χ1v) is 9.08. The van der Waals surface area contributed by atoms with Crippen LogP contribution in [0.15, 0.2) is 72.8 Å². The molecule has 2 N–H and O–H groups in total. The molecule has 28 heavy (non-hydrogen) atoms. The van der Waals surface area contributed by atoms with Crippen LogP contribution in [0.3, 0.4) is 0 Å². The van der Waals surface area contributed by atoms with Crippen LogP contribution in [0.2, 0.25) is 0 Å². The molecule has 0 spiro atoms. The molecule has 0 atom stereocenters. The van der Waals surface area contributed by atoms with Gasteiger partial charge in [-0.3, -0.25) is 9.59 Å². The topological polar surface area (TPSA) is 67.4 Å². The highest BCUT2D eigenvalue weighted by Crippen LogP contribution is 2.19. The van der Waals surface area contributed by atoms with E-state index in [0.717, 1.165) is 11.3 Å². The first kappa shape index (κ1) is 19.2. The van der Waals surface area contributed by atoms with Gasteiger partial charge in [0.1, 0.15) is 5.75 Å². The Morgan fingerprint density at radius 2 is 1.46 bits per heavy atom. The van der Waals surface area contributed by atoms with Crippen LogP contribution in [0.25, 0.3) is 0 Å². The lowest BCUT2D eigenvalue weighted by atomic mass is 10.1. The minimum absolute atomic E-state index is 0.187. The van der Waals surface area contributed by atoms with E-state index in [9.17, 15) is 9.59 Å². The fraction of sp³-hybridized carbons (Fsp3) is 0.130. The molecule has 0 unspecified atom stereocenters. The molecule has 0 aromatic heterocycles. The molecular weight excluding hydrogens is 352 g/mol. The number of amides is 2. The standard InChI is InChI=1S/C23H22N2O3/c1-3-28-20-13-11-17(12-14-20)22(26)24-18-8-6-9-19(15-18)25-23(27)21-10-5-4-7-16(21)2/h4-15H,3H2,1-2H3,(H,24,26)(H,25,27). The molecule has 5 nitrogen and oxygen atoms in total. The first-order valence-electron chi connectivity index (χ1n) is 9.08. The Hall–Kier alpha value is -3.60. The molecule has 0 heterocycles. The van der Waals surface area contributed by atoms with E-state index >= 15 is 0 Å². The number of nitrogens with one attached hydrogen (secondary N) is 2. The lowest BCUT2D eigenvalue weighted by Crippen LogP contribution is -2.14. The summed E-state index contributed by atoms with van der Waals surface area (Å²) in [5.74, 6) is 0.304. The Bertz CT molecular complexity index is 981. The molecule has 0 aliphatic rings. The van der Waals surface area contributed by atoms with Gasteiger partial charge in [0, 0.05) is 22.5 Å². The predicted octanol–water partition coefficient (Wildman–Crippen LogP) is 4.90. The van der Waals surface area contributed by atoms with Gasteiger partial charge in [0.15, 0.2) is 0 Å². The second kappa shape index (κ2) is 8.86. The summed E-state index contributed by atoms with van der Waals surface area (Å²) < 4.78 is 5.38. The summed E-state index contributed by atoms with van der Waals surface area (Å²) in [6.45, 7) is 4.38. The Morgan fingerprint density at radius 1 is 0.821 bits per heavy atom. The molecule has 0 radical (unpaired) electrons. The number of carbonyl (C=O) groups is 2. The highest BCUT2D eigenvalue weighted by molar-refractivity contribution is 6.07. The van der Waals surface area contributed by atoms with Crippen molar-refractivity contribution in [1.29, 1.82) is 0 Å². The van der Waals surface area contributed by atoms with Crippen molar-refractivity contribution >= 4 is 23.2 Å². The van der Waals surface area contributed by atoms with Crippen molar-refractivity contribution < 1.29 is 14.3 Å². The van der Waals surface area contributed by atoms with E-state index in [1.807, 2.05) is 32.0 Å². The first-order chi connectivity index (χ1) is 13.6. The lowest BCUT2D eigenvalue weighted by molar-refractivity contribution is 0.101. The molecule has 3 aromatic carbocycles. The summed E-state index contributed by atoms with van der Waals surface area (Å²) in [7, 11) is 0. The zero-order valence-electron chi connectivity index (χ0n) is 15.9. The van der Waals surface area contributed by atoms with Crippen molar-refractivity contribution in [1.82, 2.24) is 0 Å². The van der Waals surface area contributed by atoms with Gasteiger partial charge < -0.3 is 15.4 Å². The maximum atomic E-state index is 12.5. The Balaban J connectivity index is 1.68. The van der Waals surface area contributed by atoms with Crippen LogP contribution in [0.5, 0.6) is 5.75 Å². The van der Waals surface area contributed by atoms with Crippen LogP contribution in [0, 0.1) is 6.92 Å². The molecule has 2 amide bonds. The summed E-state index contributed by atoms with van der Waals surface area (Å²) in [5.41, 5.74) is 3.25. The summed E-state index contributed by atoms with van der Waals surface area (Å²) in [5, 5.41) is 5.71. The average molecular weight is 374 g/mol. The SMILES string of the molecule is CCOc1ccc(C(=O)Nc2cccc(NC(=O)c3ccccc3C)c2)cc1. The van der Waals surface area contributed by atoms with Crippen LogP contribution >= 0.6 is 0 Å². The molecule has 3 rings (SSSR count). The minimum atomic E-state index is -0.231. The van der Waals surface area contributed by atoms with Gasteiger partial charge in [-0.15, -0.1) is 0 Å². The highest BCUT2D eigenvalue weighted by atomic mass is 16.5. The van der Waals surface area contributed by atoms with E-state index in [1.54, 1.807) is 54.6 Å². The minimum Gasteiger partial charge on any atom is -0.494 e. The fourth-order valence-electron chi connectivity index (χ4n) is 2.77. The summed E-state index contributed by atoms with van der Waals surface area (Å²) >= 11 is 0. The average Bonchev–Trinajstić information content (AvgIpc) is 2.69. The number of aryl methyl sites for hydroxylation is 1. The molecule has 3 aromatic rings. The van der Waals surface area contributed by atoms with Crippen LogP contribution in [0.4, 0.5) is 11.4 Å². The van der Waals surface area contributed by atoms with Crippen molar-refractivity contribution in [3.05, 3.63) is 89.5 Å². The molecule has 0 aliphatic heterocycles. The number of hydrogen-bond acceptors (Lipinski definition) is 3. The molecule has 0 fully saturated rings. The highest BCUT2D eigenvalue weighted by Gasteiger charge is 2.10. The molecule has 0 bridgehead atoms. The largest absolute Gasteiger partial charge is 0.494 e. The van der Waals surface area contributed by atoms with E-state index in [2.05, 4.69) is 10.6 Å². The Morgan fingerprint density at radius 3 is 2.11 bits per heavy atom. The maximum absolute atomic E-state index is 12.5. The van der Waals surface area contributed by atoms with Crippen molar-refractivity contribution in [2.24, 2.45) is 0 Å². The molecular formula is C23H22N2O3. The summed E-state index contributed by atoms with van der Waals surface area (Å²) in [6.07, 6.45) is 0. The maximum Gasteiger partial charge on any atom is 0.255 e. The van der Waals surface area contributed by atoms with E-state index < -0.39 is 0 Å². The smallest absolute Gasteiger partial charge is 0.255 e. The third kappa shape index (κ3) is 4.76. The van der Waals surface area contributed by atoms with Gasteiger partial charge in [0.05, 0.1) is 6.61 Å². The van der Waals surface area contributed by atoms with Gasteiger partial charge in [0.25, 0.3) is 11.8 Å². The zero-order valence-corrected chi connectivity index (χ0v) is 15.9. The number of benzene rings is 3. The fourth-order valence-corrected chi connectivity index (χ4v) is 2.77. The van der Waals surface area contributed by atoms with E-state index in [4.69, 9.17) is 4.74 Å². The van der Waals surface area contributed by atoms with Gasteiger partial charge in [0.2, 0.25) is 0 Å². The third-order valence-corrected chi connectivity index (χ3v) is 4.20. The quantitative estimate of drug-likeness (QED) is 0.645. The second-order valence-electron chi connectivity index (χ2n) is 6.26. The van der Waals surface area contributed by atoms with E-state index in [0.29, 0.717) is 29.1 Å². The van der Waals surface area contributed by atoms with Gasteiger partial charge >= 0.3 is 0 Å². The van der Waals surface area contributed by atoms with Crippen molar-refractivity contribution in [3.63, 3.8) is 0 Å². The number of ether oxygens (including phenoxy) is 1. The van der Waals surface area contributed by atoms with Crippen molar-refractivity contribution in [2.45, 2.75) is 13.8 Å². The number of carbonyl (C=O) groups excluding carboxylic acids is 2. The molecule has 0 saturated carbocycles. The van der Waals surface area contributed by atoms with Gasteiger partial charge in [-0.05, 0) is 67.9 Å². The number of anilines is 2. The van der Waals surface area contributed by atoms with Crippen LogP contribution in [0.1, 0.15) is 33.2 Å².